The average molecular weight is 423 g/mol. The predicted octanol–water partition coefficient (Wildman–Crippen LogP) is 2.05. The Hall–Kier alpha value is -2.94. The lowest BCUT2D eigenvalue weighted by Gasteiger charge is -2.24. The third-order valence-corrected chi connectivity index (χ3v) is 5.13. The van der Waals surface area contributed by atoms with E-state index in [-0.39, 0.29) is 19.2 Å². The highest BCUT2D eigenvalue weighted by atomic mass is 32.2. The molecule has 0 radical (unpaired) electrons. The maximum absolute atomic E-state index is 12.4. The Balaban J connectivity index is 1.98. The second-order valence-electron chi connectivity index (χ2n) is 6.40. The molecule has 0 spiro atoms. The Morgan fingerprint density at radius 3 is 2.24 bits per heavy atom. The van der Waals surface area contributed by atoms with Gasteiger partial charge in [-0.25, -0.2) is 8.42 Å². The molecule has 0 aliphatic heterocycles. The van der Waals surface area contributed by atoms with Gasteiger partial charge in [0.15, 0.2) is 0 Å². The van der Waals surface area contributed by atoms with Gasteiger partial charge in [0, 0.05) is 0 Å². The Morgan fingerprint density at radius 1 is 1.03 bits per heavy atom. The van der Waals surface area contributed by atoms with Gasteiger partial charge in [0.25, 0.3) is 0 Å². The van der Waals surface area contributed by atoms with Gasteiger partial charge in [-0.15, -0.1) is 0 Å². The molecule has 8 nitrogen and oxygen atoms in total. The number of sulfonamides is 1. The lowest BCUT2D eigenvalue weighted by atomic mass is 10.3. The number of carbonyl (C=O) groups is 1. The second-order valence-corrected chi connectivity index (χ2v) is 8.30. The Labute approximate surface area is 171 Å². The van der Waals surface area contributed by atoms with E-state index in [9.17, 15) is 13.2 Å². The number of ether oxygens (including phenoxy) is 3. The maximum Gasteiger partial charge on any atom is 0.241 e. The molecule has 0 heterocycles. The van der Waals surface area contributed by atoms with Gasteiger partial charge in [0.1, 0.15) is 30.4 Å². The molecular weight excluding hydrogens is 396 g/mol. The molecule has 0 aromatic heterocycles. The molecule has 1 atom stereocenters. The predicted molar refractivity (Wildman–Crippen MR) is 111 cm³/mol. The van der Waals surface area contributed by atoms with Crippen molar-refractivity contribution in [2.45, 2.75) is 13.0 Å². The van der Waals surface area contributed by atoms with Gasteiger partial charge < -0.3 is 19.5 Å². The van der Waals surface area contributed by atoms with Crippen LogP contribution in [-0.2, 0) is 14.8 Å². The van der Waals surface area contributed by atoms with Gasteiger partial charge in [0.05, 0.1) is 32.2 Å². The van der Waals surface area contributed by atoms with Crippen LogP contribution >= 0.6 is 0 Å². The average Bonchev–Trinajstić information content (AvgIpc) is 2.70. The molecule has 0 fully saturated rings. The van der Waals surface area contributed by atoms with Gasteiger partial charge in [-0.05, 0) is 43.3 Å². The first-order valence-electron chi connectivity index (χ1n) is 8.91. The van der Waals surface area contributed by atoms with Gasteiger partial charge in [0.2, 0.25) is 15.9 Å². The summed E-state index contributed by atoms with van der Waals surface area (Å²) < 4.78 is 41.4. The molecule has 29 heavy (non-hydrogen) atoms. The van der Waals surface area contributed by atoms with Crippen LogP contribution in [0, 0.1) is 0 Å². The van der Waals surface area contributed by atoms with Crippen LogP contribution in [0.4, 0.5) is 5.69 Å². The van der Waals surface area contributed by atoms with E-state index in [0.717, 1.165) is 16.3 Å². The van der Waals surface area contributed by atoms with Crippen molar-refractivity contribution < 1.29 is 27.4 Å². The highest BCUT2D eigenvalue weighted by Gasteiger charge is 2.24. The summed E-state index contributed by atoms with van der Waals surface area (Å²) in [6, 6.07) is 13.4. The molecule has 0 unspecified atom stereocenters. The van der Waals surface area contributed by atoms with Gasteiger partial charge in [-0.1, -0.05) is 12.1 Å². The maximum atomic E-state index is 12.4. The fourth-order valence-corrected chi connectivity index (χ4v) is 3.46. The first-order valence-corrected chi connectivity index (χ1v) is 10.8. The quantitative estimate of drug-likeness (QED) is 0.630. The molecule has 158 valence electrons. The summed E-state index contributed by atoms with van der Waals surface area (Å²) in [7, 11) is -0.670. The molecule has 9 heteroatoms. The van der Waals surface area contributed by atoms with Crippen LogP contribution in [0.3, 0.4) is 0 Å². The molecule has 2 aromatic rings. The number of carbonyl (C=O) groups excluding carboxylic acids is 1. The molecule has 0 saturated carbocycles. The van der Waals surface area contributed by atoms with E-state index in [1.165, 1.54) is 7.11 Å². The number of hydrogen-bond donors (Lipinski definition) is 1. The van der Waals surface area contributed by atoms with E-state index in [2.05, 4.69) is 5.32 Å². The molecule has 0 bridgehead atoms. The van der Waals surface area contributed by atoms with Crippen molar-refractivity contribution in [1.29, 1.82) is 0 Å². The first-order chi connectivity index (χ1) is 13.7. The fourth-order valence-electron chi connectivity index (χ4n) is 2.60. The number of para-hydroxylation sites is 2. The number of anilines is 1. The van der Waals surface area contributed by atoms with Crippen molar-refractivity contribution in [3.05, 3.63) is 48.5 Å². The van der Waals surface area contributed by atoms with Gasteiger partial charge in [-0.3, -0.25) is 9.10 Å². The van der Waals surface area contributed by atoms with Crippen LogP contribution in [0.5, 0.6) is 17.2 Å². The third-order valence-electron chi connectivity index (χ3n) is 4.01. The SMILES string of the molecule is COc1ccc(OC[C@H](C)NC(=O)CN(c2ccccc2OC)S(C)(=O)=O)cc1. The monoisotopic (exact) mass is 422 g/mol. The summed E-state index contributed by atoms with van der Waals surface area (Å²) in [5, 5.41) is 2.75. The summed E-state index contributed by atoms with van der Waals surface area (Å²) >= 11 is 0. The van der Waals surface area contributed by atoms with E-state index < -0.39 is 15.9 Å². The van der Waals surface area contributed by atoms with Crippen LogP contribution < -0.4 is 23.8 Å². The third kappa shape index (κ3) is 6.56. The topological polar surface area (TPSA) is 94.2 Å². The van der Waals surface area contributed by atoms with Crippen LogP contribution in [0.2, 0.25) is 0 Å². The Morgan fingerprint density at radius 2 is 1.66 bits per heavy atom. The Bertz CT molecular complexity index is 915. The first kappa shape index (κ1) is 22.4. The minimum Gasteiger partial charge on any atom is -0.497 e. The smallest absolute Gasteiger partial charge is 0.241 e. The standard InChI is InChI=1S/C20H26N2O6S/c1-15(14-28-17-11-9-16(26-2)10-12-17)21-20(23)13-22(29(4,24)25)18-7-5-6-8-19(18)27-3/h5-12,15H,13-14H2,1-4H3,(H,21,23)/t15-/m0/s1. The number of nitrogens with one attached hydrogen (secondary N) is 1. The number of methoxy groups -OCH3 is 2. The highest BCUT2D eigenvalue weighted by molar-refractivity contribution is 7.92. The van der Waals surface area contributed by atoms with Crippen molar-refractivity contribution in [3.63, 3.8) is 0 Å². The van der Waals surface area contributed by atoms with Crippen LogP contribution in [0.25, 0.3) is 0 Å². The fraction of sp³-hybridized carbons (Fsp3) is 0.350. The minimum atomic E-state index is -3.69. The second kappa shape index (κ2) is 10.0. The zero-order valence-corrected chi connectivity index (χ0v) is 17.7. The summed E-state index contributed by atoms with van der Waals surface area (Å²) in [5.74, 6) is 1.27. The lowest BCUT2D eigenvalue weighted by Crippen LogP contribution is -2.45. The molecule has 1 amide bonds. The number of benzene rings is 2. The van der Waals surface area contributed by atoms with Crippen LogP contribution in [0.1, 0.15) is 6.92 Å². The molecule has 2 aromatic carbocycles. The van der Waals surface area contributed by atoms with E-state index >= 15 is 0 Å². The lowest BCUT2D eigenvalue weighted by molar-refractivity contribution is -0.120. The highest BCUT2D eigenvalue weighted by Crippen LogP contribution is 2.29. The van der Waals surface area contributed by atoms with Crippen molar-refractivity contribution in [2.75, 3.05) is 37.9 Å². The van der Waals surface area contributed by atoms with Crippen molar-refractivity contribution >= 4 is 21.6 Å². The summed E-state index contributed by atoms with van der Waals surface area (Å²) in [4.78, 5) is 12.4. The van der Waals surface area contributed by atoms with Crippen LogP contribution in [-0.4, -0.2) is 54.0 Å². The molecule has 0 saturated heterocycles. The van der Waals surface area contributed by atoms with Gasteiger partial charge >= 0.3 is 0 Å². The summed E-state index contributed by atoms with van der Waals surface area (Å²) in [5.41, 5.74) is 0.301. The van der Waals surface area contributed by atoms with Crippen molar-refractivity contribution in [1.82, 2.24) is 5.32 Å². The zero-order valence-electron chi connectivity index (χ0n) is 16.9. The molecule has 1 N–H and O–H groups in total. The normalized spacial score (nSPS) is 12.0. The largest absolute Gasteiger partial charge is 0.497 e. The summed E-state index contributed by atoms with van der Waals surface area (Å²) in [6.07, 6.45) is 1.04. The van der Waals surface area contributed by atoms with Crippen molar-refractivity contribution in [3.8, 4) is 17.2 Å². The number of amides is 1. The Kier molecular flexibility index (Phi) is 7.72. The number of hydrogen-bond acceptors (Lipinski definition) is 6. The van der Waals surface area contributed by atoms with Crippen molar-refractivity contribution in [2.24, 2.45) is 0 Å². The molecule has 2 rings (SSSR count). The van der Waals surface area contributed by atoms with E-state index in [1.54, 1.807) is 62.6 Å². The summed E-state index contributed by atoms with van der Waals surface area (Å²) in [6.45, 7) is 1.63. The zero-order chi connectivity index (χ0) is 21.4. The van der Waals surface area contributed by atoms with Gasteiger partial charge in [-0.2, -0.15) is 0 Å². The van der Waals surface area contributed by atoms with E-state index in [1.807, 2.05) is 0 Å². The van der Waals surface area contributed by atoms with E-state index in [4.69, 9.17) is 14.2 Å². The number of rotatable bonds is 10. The minimum absolute atomic E-state index is 0.228. The van der Waals surface area contributed by atoms with E-state index in [0.29, 0.717) is 17.2 Å². The molecular formula is C20H26N2O6S. The van der Waals surface area contributed by atoms with Crippen LogP contribution in [0.15, 0.2) is 48.5 Å². The molecule has 0 aliphatic rings. The number of nitrogens with zero attached hydrogens (tertiary/aromatic N) is 1. The molecule has 0 aliphatic carbocycles.